The van der Waals surface area contributed by atoms with Crippen LogP contribution < -0.4 is 15.4 Å². The molecule has 0 aliphatic carbocycles. The summed E-state index contributed by atoms with van der Waals surface area (Å²) in [6.07, 6.45) is 0. The van der Waals surface area contributed by atoms with Crippen molar-refractivity contribution in [2.24, 2.45) is 4.99 Å². The lowest BCUT2D eigenvalue weighted by molar-refractivity contribution is -0.0201. The van der Waals surface area contributed by atoms with Crippen molar-refractivity contribution in [3.05, 3.63) is 65.7 Å². The van der Waals surface area contributed by atoms with Crippen LogP contribution in [0, 0.1) is 0 Å². The van der Waals surface area contributed by atoms with E-state index in [2.05, 4.69) is 33.7 Å². The van der Waals surface area contributed by atoms with Gasteiger partial charge in [-0.25, -0.2) is 4.99 Å². The molecule has 0 saturated carbocycles. The van der Waals surface area contributed by atoms with Gasteiger partial charge in [0.05, 0.1) is 25.4 Å². The SMILES string of the molecule is CCNC(=NCc1cccc(COc2ccccc2)c1)NCC(C)(O)CN1CCOCC1.I. The number of halogens is 1. The predicted molar refractivity (Wildman–Crippen MR) is 143 cm³/mol. The van der Waals surface area contributed by atoms with Gasteiger partial charge in [0.1, 0.15) is 12.4 Å². The Bertz CT molecular complexity index is 843. The largest absolute Gasteiger partial charge is 0.489 e. The second-order valence-electron chi connectivity index (χ2n) is 8.36. The molecule has 7 nitrogen and oxygen atoms in total. The lowest BCUT2D eigenvalue weighted by atomic mass is 10.1. The van der Waals surface area contributed by atoms with E-state index < -0.39 is 5.60 Å². The van der Waals surface area contributed by atoms with E-state index in [0.717, 1.165) is 49.7 Å². The minimum Gasteiger partial charge on any atom is -0.489 e. The quantitative estimate of drug-likeness (QED) is 0.233. The Kier molecular flexibility index (Phi) is 11.9. The van der Waals surface area contributed by atoms with Crippen LogP contribution in [-0.2, 0) is 17.9 Å². The molecule has 1 unspecified atom stereocenters. The molecule has 0 spiro atoms. The van der Waals surface area contributed by atoms with Crippen LogP contribution in [0.4, 0.5) is 0 Å². The highest BCUT2D eigenvalue weighted by Crippen LogP contribution is 2.13. The van der Waals surface area contributed by atoms with Gasteiger partial charge in [-0.3, -0.25) is 4.90 Å². The third-order valence-corrected chi connectivity index (χ3v) is 5.21. The fraction of sp³-hybridized carbons (Fsp3) is 0.480. The zero-order valence-electron chi connectivity index (χ0n) is 19.6. The second kappa shape index (κ2) is 14.4. The van der Waals surface area contributed by atoms with Crippen LogP contribution in [0.2, 0.25) is 0 Å². The van der Waals surface area contributed by atoms with Gasteiger partial charge in [-0.2, -0.15) is 0 Å². The fourth-order valence-corrected chi connectivity index (χ4v) is 3.58. The van der Waals surface area contributed by atoms with Crippen molar-refractivity contribution in [3.63, 3.8) is 0 Å². The van der Waals surface area contributed by atoms with Crippen LogP contribution in [0.3, 0.4) is 0 Å². The summed E-state index contributed by atoms with van der Waals surface area (Å²) in [5.41, 5.74) is 1.35. The minimum atomic E-state index is -0.859. The van der Waals surface area contributed by atoms with Gasteiger partial charge in [0.15, 0.2) is 5.96 Å². The number of benzene rings is 2. The van der Waals surface area contributed by atoms with E-state index in [9.17, 15) is 5.11 Å². The number of aliphatic hydroxyl groups is 1. The smallest absolute Gasteiger partial charge is 0.191 e. The number of nitrogens with one attached hydrogen (secondary N) is 2. The molecule has 0 amide bonds. The van der Waals surface area contributed by atoms with Crippen molar-refractivity contribution in [3.8, 4) is 5.75 Å². The number of aliphatic imine (C=N–C) groups is 1. The van der Waals surface area contributed by atoms with Crippen molar-refractivity contribution in [1.82, 2.24) is 15.5 Å². The molecule has 1 aliphatic heterocycles. The highest BCUT2D eigenvalue weighted by Gasteiger charge is 2.25. The molecule has 1 aliphatic rings. The molecule has 3 rings (SSSR count). The number of rotatable bonds is 10. The van der Waals surface area contributed by atoms with Gasteiger partial charge >= 0.3 is 0 Å². The van der Waals surface area contributed by atoms with Crippen LogP contribution in [0.1, 0.15) is 25.0 Å². The molecule has 2 aromatic rings. The molecule has 1 saturated heterocycles. The molecule has 1 atom stereocenters. The highest BCUT2D eigenvalue weighted by molar-refractivity contribution is 14.0. The summed E-state index contributed by atoms with van der Waals surface area (Å²) in [6.45, 7) is 9.88. The molecule has 182 valence electrons. The van der Waals surface area contributed by atoms with Gasteiger partial charge in [-0.1, -0.05) is 42.5 Å². The number of nitrogens with zero attached hydrogens (tertiary/aromatic N) is 2. The van der Waals surface area contributed by atoms with Crippen molar-refractivity contribution in [2.45, 2.75) is 32.6 Å². The number of ether oxygens (including phenoxy) is 2. The van der Waals surface area contributed by atoms with Gasteiger partial charge in [0.2, 0.25) is 0 Å². The minimum absolute atomic E-state index is 0. The van der Waals surface area contributed by atoms with E-state index in [1.807, 2.05) is 50.2 Å². The van der Waals surface area contributed by atoms with E-state index in [-0.39, 0.29) is 24.0 Å². The topological polar surface area (TPSA) is 78.4 Å². The molecule has 1 fully saturated rings. The highest BCUT2D eigenvalue weighted by atomic mass is 127. The predicted octanol–water partition coefficient (Wildman–Crippen LogP) is 3.02. The van der Waals surface area contributed by atoms with E-state index in [4.69, 9.17) is 14.5 Å². The third-order valence-electron chi connectivity index (χ3n) is 5.21. The third kappa shape index (κ3) is 10.3. The first kappa shape index (κ1) is 27.4. The lowest BCUT2D eigenvalue weighted by Crippen LogP contribution is -2.52. The first-order valence-electron chi connectivity index (χ1n) is 11.3. The van der Waals surface area contributed by atoms with E-state index in [1.54, 1.807) is 0 Å². The Morgan fingerprint density at radius 2 is 1.82 bits per heavy atom. The Balaban J connectivity index is 0.00000385. The van der Waals surface area contributed by atoms with Crippen molar-refractivity contribution >= 4 is 29.9 Å². The van der Waals surface area contributed by atoms with Gasteiger partial charge in [-0.15, -0.1) is 24.0 Å². The summed E-state index contributed by atoms with van der Waals surface area (Å²) in [5.74, 6) is 1.55. The maximum absolute atomic E-state index is 10.8. The summed E-state index contributed by atoms with van der Waals surface area (Å²) in [5, 5.41) is 17.4. The first-order valence-corrected chi connectivity index (χ1v) is 11.3. The van der Waals surface area contributed by atoms with E-state index in [0.29, 0.717) is 32.2 Å². The Morgan fingerprint density at radius 1 is 1.09 bits per heavy atom. The van der Waals surface area contributed by atoms with Crippen LogP contribution in [0.25, 0.3) is 0 Å². The molecule has 33 heavy (non-hydrogen) atoms. The Morgan fingerprint density at radius 3 is 2.55 bits per heavy atom. The number of hydrogen-bond acceptors (Lipinski definition) is 5. The van der Waals surface area contributed by atoms with Crippen LogP contribution in [-0.4, -0.2) is 67.5 Å². The molecule has 1 heterocycles. The normalized spacial score (nSPS) is 16.4. The zero-order valence-corrected chi connectivity index (χ0v) is 22.0. The number of para-hydroxylation sites is 1. The maximum atomic E-state index is 10.8. The van der Waals surface area contributed by atoms with Crippen molar-refractivity contribution in [2.75, 3.05) is 45.9 Å². The molecule has 3 N–H and O–H groups in total. The summed E-state index contributed by atoms with van der Waals surface area (Å²) in [6, 6.07) is 18.1. The van der Waals surface area contributed by atoms with Crippen LogP contribution >= 0.6 is 24.0 Å². The Hall–Kier alpha value is -1.88. The second-order valence-corrected chi connectivity index (χ2v) is 8.36. The van der Waals surface area contributed by atoms with Gasteiger partial charge in [0.25, 0.3) is 0 Å². The molecule has 0 bridgehead atoms. The molecule has 0 aromatic heterocycles. The Labute approximate surface area is 214 Å². The van der Waals surface area contributed by atoms with E-state index in [1.165, 1.54) is 0 Å². The molecule has 0 radical (unpaired) electrons. The number of hydrogen-bond donors (Lipinski definition) is 3. The summed E-state index contributed by atoms with van der Waals surface area (Å²) < 4.78 is 11.2. The zero-order chi connectivity index (χ0) is 22.7. The van der Waals surface area contributed by atoms with Crippen molar-refractivity contribution in [1.29, 1.82) is 0 Å². The van der Waals surface area contributed by atoms with Gasteiger partial charge in [0, 0.05) is 32.7 Å². The first-order chi connectivity index (χ1) is 15.5. The average Bonchev–Trinajstić information content (AvgIpc) is 2.81. The number of guanidine groups is 1. The molecular weight excluding hydrogens is 531 g/mol. The summed E-state index contributed by atoms with van der Waals surface area (Å²) in [7, 11) is 0. The fourth-order valence-electron chi connectivity index (χ4n) is 3.58. The molecular formula is C25H37IN4O3. The lowest BCUT2D eigenvalue weighted by Gasteiger charge is -2.34. The summed E-state index contributed by atoms with van der Waals surface area (Å²) >= 11 is 0. The monoisotopic (exact) mass is 568 g/mol. The maximum Gasteiger partial charge on any atom is 0.191 e. The van der Waals surface area contributed by atoms with Gasteiger partial charge in [-0.05, 0) is 37.1 Å². The van der Waals surface area contributed by atoms with Crippen LogP contribution in [0.5, 0.6) is 5.75 Å². The standard InChI is InChI=1S/C25H36N4O3.HI/c1-3-26-24(28-19-25(2,30)20-29-12-14-31-15-13-29)27-17-21-8-7-9-22(16-21)18-32-23-10-5-4-6-11-23;/h4-11,16,30H,3,12-15,17-20H2,1-2H3,(H2,26,27,28);1H. The molecule has 2 aromatic carbocycles. The van der Waals surface area contributed by atoms with Crippen molar-refractivity contribution < 1.29 is 14.6 Å². The van der Waals surface area contributed by atoms with Gasteiger partial charge < -0.3 is 25.2 Å². The summed E-state index contributed by atoms with van der Waals surface area (Å²) in [4.78, 5) is 6.94. The number of β-amino-alcohol motifs (C(OH)–C–C–N with tert-alkyl or cyclic N) is 1. The average molecular weight is 569 g/mol. The number of morpholine rings is 1. The van der Waals surface area contributed by atoms with E-state index >= 15 is 0 Å². The molecule has 8 heteroatoms. The van der Waals surface area contributed by atoms with Crippen LogP contribution in [0.15, 0.2) is 59.6 Å².